The van der Waals surface area contributed by atoms with Crippen molar-refractivity contribution in [3.63, 3.8) is 0 Å². The van der Waals surface area contributed by atoms with Crippen LogP contribution in [0, 0.1) is 10.1 Å². The molecule has 2 aromatic rings. The number of hydrogen-bond donors (Lipinski definition) is 1. The van der Waals surface area contributed by atoms with Gasteiger partial charge in [-0.1, -0.05) is 34.1 Å². The lowest BCUT2D eigenvalue weighted by molar-refractivity contribution is -0.385. The number of amides is 1. The van der Waals surface area contributed by atoms with Gasteiger partial charge in [-0.05, 0) is 18.2 Å². The first kappa shape index (κ1) is 16.0. The number of nitrogens with zero attached hydrogens (tertiary/aromatic N) is 1. The minimum absolute atomic E-state index is 0.0705. The molecular formula is C15H13BrN2O4. The van der Waals surface area contributed by atoms with Crippen LogP contribution in [0.1, 0.15) is 5.56 Å². The van der Waals surface area contributed by atoms with Crippen LogP contribution in [0.25, 0.3) is 0 Å². The van der Waals surface area contributed by atoms with Crippen molar-refractivity contribution < 1.29 is 14.5 Å². The van der Waals surface area contributed by atoms with Crippen molar-refractivity contribution >= 4 is 33.2 Å². The van der Waals surface area contributed by atoms with Gasteiger partial charge in [0.1, 0.15) is 5.75 Å². The Balaban J connectivity index is 2.18. The van der Waals surface area contributed by atoms with E-state index >= 15 is 0 Å². The first-order valence-corrected chi connectivity index (χ1v) is 7.16. The number of nitro benzene ring substituents is 1. The van der Waals surface area contributed by atoms with Gasteiger partial charge in [0.25, 0.3) is 5.69 Å². The molecule has 22 heavy (non-hydrogen) atoms. The second kappa shape index (κ2) is 7.04. The monoisotopic (exact) mass is 364 g/mol. The van der Waals surface area contributed by atoms with Gasteiger partial charge >= 0.3 is 0 Å². The van der Waals surface area contributed by atoms with Crippen LogP contribution in [0.3, 0.4) is 0 Å². The lowest BCUT2D eigenvalue weighted by Crippen LogP contribution is -2.15. The predicted octanol–water partition coefficient (Wildman–Crippen LogP) is 3.55. The van der Waals surface area contributed by atoms with E-state index in [4.69, 9.17) is 4.74 Å². The first-order chi connectivity index (χ1) is 10.5. The highest BCUT2D eigenvalue weighted by molar-refractivity contribution is 9.10. The average molecular weight is 365 g/mol. The summed E-state index contributed by atoms with van der Waals surface area (Å²) in [5.74, 6) is 0.157. The number of benzene rings is 2. The van der Waals surface area contributed by atoms with E-state index in [2.05, 4.69) is 21.2 Å². The van der Waals surface area contributed by atoms with Gasteiger partial charge in [-0.25, -0.2) is 0 Å². The fraction of sp³-hybridized carbons (Fsp3) is 0.133. The SMILES string of the molecule is COc1ccc(Br)cc1NC(=O)Cc1ccccc1[N+](=O)[O-]. The van der Waals surface area contributed by atoms with Crippen LogP contribution in [-0.2, 0) is 11.2 Å². The Morgan fingerprint density at radius 2 is 2.05 bits per heavy atom. The highest BCUT2D eigenvalue weighted by atomic mass is 79.9. The van der Waals surface area contributed by atoms with Crippen LogP contribution in [0.2, 0.25) is 0 Å². The molecule has 0 aliphatic carbocycles. The molecule has 0 atom stereocenters. The zero-order chi connectivity index (χ0) is 16.1. The van der Waals surface area contributed by atoms with Crippen LogP contribution >= 0.6 is 15.9 Å². The van der Waals surface area contributed by atoms with Crippen molar-refractivity contribution in [3.8, 4) is 5.75 Å². The van der Waals surface area contributed by atoms with E-state index in [0.717, 1.165) is 4.47 Å². The molecule has 0 spiro atoms. The largest absolute Gasteiger partial charge is 0.495 e. The number of carbonyl (C=O) groups excluding carboxylic acids is 1. The van der Waals surface area contributed by atoms with Crippen molar-refractivity contribution in [1.29, 1.82) is 0 Å². The summed E-state index contributed by atoms with van der Waals surface area (Å²) in [5.41, 5.74) is 0.790. The molecular weight excluding hydrogens is 352 g/mol. The molecule has 0 bridgehead atoms. The van der Waals surface area contributed by atoms with Crippen LogP contribution in [0.4, 0.5) is 11.4 Å². The van der Waals surface area contributed by atoms with Gasteiger partial charge in [0.15, 0.2) is 0 Å². The maximum atomic E-state index is 12.1. The van der Waals surface area contributed by atoms with Gasteiger partial charge in [-0.2, -0.15) is 0 Å². The van der Waals surface area contributed by atoms with Gasteiger partial charge in [-0.3, -0.25) is 14.9 Å². The fourth-order valence-electron chi connectivity index (χ4n) is 1.98. The van der Waals surface area contributed by atoms with Crippen molar-refractivity contribution in [2.24, 2.45) is 0 Å². The Hall–Kier alpha value is -2.41. The van der Waals surface area contributed by atoms with Gasteiger partial charge in [0.05, 0.1) is 24.1 Å². The highest BCUT2D eigenvalue weighted by Crippen LogP contribution is 2.28. The van der Waals surface area contributed by atoms with E-state index in [0.29, 0.717) is 17.0 Å². The second-order valence-corrected chi connectivity index (χ2v) is 5.37. The van der Waals surface area contributed by atoms with Crippen LogP contribution < -0.4 is 10.1 Å². The Morgan fingerprint density at radius 1 is 1.32 bits per heavy atom. The third kappa shape index (κ3) is 3.82. The molecule has 0 radical (unpaired) electrons. The summed E-state index contributed by atoms with van der Waals surface area (Å²) in [7, 11) is 1.50. The zero-order valence-electron chi connectivity index (χ0n) is 11.7. The summed E-state index contributed by atoms with van der Waals surface area (Å²) in [6.07, 6.45) is -0.0905. The summed E-state index contributed by atoms with van der Waals surface area (Å²) in [4.78, 5) is 22.6. The Bertz CT molecular complexity index is 718. The van der Waals surface area contributed by atoms with E-state index < -0.39 is 4.92 Å². The standard InChI is InChI=1S/C15H13BrN2O4/c1-22-14-7-6-11(16)9-12(14)17-15(19)8-10-4-2-3-5-13(10)18(20)21/h2-7,9H,8H2,1H3,(H,17,19). The maximum Gasteiger partial charge on any atom is 0.273 e. The molecule has 114 valence electrons. The number of para-hydroxylation sites is 1. The predicted molar refractivity (Wildman–Crippen MR) is 86.1 cm³/mol. The summed E-state index contributed by atoms with van der Waals surface area (Å²) >= 11 is 3.32. The summed E-state index contributed by atoms with van der Waals surface area (Å²) in [6.45, 7) is 0. The fourth-order valence-corrected chi connectivity index (χ4v) is 2.34. The van der Waals surface area contributed by atoms with Gasteiger partial charge in [0, 0.05) is 16.1 Å². The normalized spacial score (nSPS) is 10.1. The van der Waals surface area contributed by atoms with E-state index in [-0.39, 0.29) is 18.0 Å². The molecule has 0 unspecified atom stereocenters. The number of hydrogen-bond acceptors (Lipinski definition) is 4. The van der Waals surface area contributed by atoms with Crippen molar-refractivity contribution in [2.75, 3.05) is 12.4 Å². The lowest BCUT2D eigenvalue weighted by Gasteiger charge is -2.10. The molecule has 0 aliphatic heterocycles. The lowest BCUT2D eigenvalue weighted by atomic mass is 10.1. The molecule has 1 N–H and O–H groups in total. The Labute approximate surface area is 135 Å². The molecule has 0 aromatic heterocycles. The number of nitro groups is 1. The number of anilines is 1. The number of carbonyl (C=O) groups is 1. The minimum atomic E-state index is -0.498. The minimum Gasteiger partial charge on any atom is -0.495 e. The molecule has 7 heteroatoms. The third-order valence-electron chi connectivity index (χ3n) is 2.97. The summed E-state index contributed by atoms with van der Waals surface area (Å²) in [6, 6.07) is 11.4. The second-order valence-electron chi connectivity index (χ2n) is 4.46. The Kier molecular flexibility index (Phi) is 5.11. The highest BCUT2D eigenvalue weighted by Gasteiger charge is 2.16. The molecule has 0 saturated carbocycles. The molecule has 6 nitrogen and oxygen atoms in total. The van der Waals surface area contributed by atoms with Crippen molar-refractivity contribution in [1.82, 2.24) is 0 Å². The van der Waals surface area contributed by atoms with Gasteiger partial charge in [-0.15, -0.1) is 0 Å². The first-order valence-electron chi connectivity index (χ1n) is 6.37. The average Bonchev–Trinajstić information content (AvgIpc) is 2.47. The number of nitrogens with one attached hydrogen (secondary N) is 1. The van der Waals surface area contributed by atoms with Crippen molar-refractivity contribution in [2.45, 2.75) is 6.42 Å². The number of rotatable bonds is 5. The van der Waals surface area contributed by atoms with Gasteiger partial charge < -0.3 is 10.1 Å². The van der Waals surface area contributed by atoms with Crippen molar-refractivity contribution in [3.05, 3.63) is 62.6 Å². The van der Waals surface area contributed by atoms with Crippen LogP contribution in [0.5, 0.6) is 5.75 Å². The smallest absolute Gasteiger partial charge is 0.273 e. The summed E-state index contributed by atoms with van der Waals surface area (Å²) in [5, 5.41) is 13.7. The van der Waals surface area contributed by atoms with Crippen LogP contribution in [-0.4, -0.2) is 17.9 Å². The molecule has 2 aromatic carbocycles. The number of halogens is 1. The molecule has 0 saturated heterocycles. The zero-order valence-corrected chi connectivity index (χ0v) is 13.3. The van der Waals surface area contributed by atoms with Crippen LogP contribution in [0.15, 0.2) is 46.9 Å². The Morgan fingerprint density at radius 3 is 2.73 bits per heavy atom. The van der Waals surface area contributed by atoms with E-state index in [9.17, 15) is 14.9 Å². The number of methoxy groups -OCH3 is 1. The summed E-state index contributed by atoms with van der Waals surface area (Å²) < 4.78 is 5.96. The molecule has 0 aliphatic rings. The van der Waals surface area contributed by atoms with E-state index in [1.165, 1.54) is 13.2 Å². The number of ether oxygens (including phenoxy) is 1. The van der Waals surface area contributed by atoms with Gasteiger partial charge in [0.2, 0.25) is 5.91 Å². The molecule has 0 heterocycles. The van der Waals surface area contributed by atoms with E-state index in [1.807, 2.05) is 0 Å². The topological polar surface area (TPSA) is 81.5 Å². The maximum absolute atomic E-state index is 12.1. The third-order valence-corrected chi connectivity index (χ3v) is 3.47. The molecule has 2 rings (SSSR count). The quantitative estimate of drug-likeness (QED) is 0.649. The molecule has 0 fully saturated rings. The molecule has 1 amide bonds. The van der Waals surface area contributed by atoms with E-state index in [1.54, 1.807) is 36.4 Å².